The smallest absolute Gasteiger partial charge is 0.257 e. The highest BCUT2D eigenvalue weighted by atomic mass is 79.9. The average molecular weight is 305 g/mol. The van der Waals surface area contributed by atoms with Crippen LogP contribution in [0, 0.1) is 11.6 Å². The van der Waals surface area contributed by atoms with Crippen LogP contribution in [0.1, 0.15) is 10.4 Å². The van der Waals surface area contributed by atoms with Crippen LogP contribution in [0.15, 0.2) is 16.6 Å². The van der Waals surface area contributed by atoms with Crippen molar-refractivity contribution in [2.75, 3.05) is 26.2 Å². The molecule has 1 aromatic rings. The van der Waals surface area contributed by atoms with Gasteiger partial charge in [-0.2, -0.15) is 0 Å². The Bertz CT molecular complexity index is 447. The molecule has 0 unspecified atom stereocenters. The van der Waals surface area contributed by atoms with Crippen molar-refractivity contribution in [3.05, 3.63) is 33.8 Å². The summed E-state index contributed by atoms with van der Waals surface area (Å²) in [6.45, 7) is 2.37. The molecule has 1 aliphatic rings. The van der Waals surface area contributed by atoms with Gasteiger partial charge in [0.05, 0.1) is 10.0 Å². The largest absolute Gasteiger partial charge is 0.336 e. The first-order valence-electron chi connectivity index (χ1n) is 5.24. The van der Waals surface area contributed by atoms with E-state index in [0.717, 1.165) is 12.1 Å². The summed E-state index contributed by atoms with van der Waals surface area (Å²) in [6.07, 6.45) is 0. The fourth-order valence-electron chi connectivity index (χ4n) is 1.72. The predicted molar refractivity (Wildman–Crippen MR) is 62.8 cm³/mol. The molecule has 1 heterocycles. The van der Waals surface area contributed by atoms with E-state index >= 15 is 0 Å². The van der Waals surface area contributed by atoms with Crippen LogP contribution in [0.2, 0.25) is 0 Å². The van der Waals surface area contributed by atoms with Gasteiger partial charge < -0.3 is 10.2 Å². The first kappa shape index (κ1) is 12.4. The van der Waals surface area contributed by atoms with Crippen LogP contribution in [0.3, 0.4) is 0 Å². The van der Waals surface area contributed by atoms with Crippen LogP contribution in [0.25, 0.3) is 0 Å². The molecule has 17 heavy (non-hydrogen) atoms. The van der Waals surface area contributed by atoms with Gasteiger partial charge in [0.2, 0.25) is 0 Å². The van der Waals surface area contributed by atoms with Crippen molar-refractivity contribution in [1.29, 1.82) is 0 Å². The molecule has 3 nitrogen and oxygen atoms in total. The molecule has 0 radical (unpaired) electrons. The van der Waals surface area contributed by atoms with Crippen molar-refractivity contribution in [3.8, 4) is 0 Å². The summed E-state index contributed by atoms with van der Waals surface area (Å²) >= 11 is 2.88. The number of nitrogens with one attached hydrogen (secondary N) is 1. The van der Waals surface area contributed by atoms with Gasteiger partial charge in [0.1, 0.15) is 11.6 Å². The van der Waals surface area contributed by atoms with Crippen molar-refractivity contribution < 1.29 is 13.6 Å². The quantitative estimate of drug-likeness (QED) is 0.802. The van der Waals surface area contributed by atoms with Crippen molar-refractivity contribution in [3.63, 3.8) is 0 Å². The molecule has 0 spiro atoms. The molecule has 0 bridgehead atoms. The summed E-state index contributed by atoms with van der Waals surface area (Å²) < 4.78 is 26.9. The highest BCUT2D eigenvalue weighted by molar-refractivity contribution is 9.10. The summed E-state index contributed by atoms with van der Waals surface area (Å²) in [6, 6.07) is 1.91. The zero-order chi connectivity index (χ0) is 12.4. The number of amides is 1. The van der Waals surface area contributed by atoms with E-state index in [1.54, 1.807) is 0 Å². The molecule has 1 aromatic carbocycles. The van der Waals surface area contributed by atoms with Crippen molar-refractivity contribution in [2.45, 2.75) is 0 Å². The number of rotatable bonds is 1. The topological polar surface area (TPSA) is 32.3 Å². The molecule has 1 N–H and O–H groups in total. The molecule has 0 saturated carbocycles. The number of carbonyl (C=O) groups is 1. The van der Waals surface area contributed by atoms with Crippen molar-refractivity contribution >= 4 is 21.8 Å². The van der Waals surface area contributed by atoms with E-state index in [9.17, 15) is 13.6 Å². The second kappa shape index (κ2) is 5.10. The van der Waals surface area contributed by atoms with Gasteiger partial charge >= 0.3 is 0 Å². The lowest BCUT2D eigenvalue weighted by Gasteiger charge is -2.27. The Kier molecular flexibility index (Phi) is 3.73. The minimum Gasteiger partial charge on any atom is -0.336 e. The molecule has 0 aromatic heterocycles. The van der Waals surface area contributed by atoms with Gasteiger partial charge in [-0.05, 0) is 28.1 Å². The van der Waals surface area contributed by atoms with Gasteiger partial charge in [0.15, 0.2) is 0 Å². The lowest BCUT2D eigenvalue weighted by molar-refractivity contribution is 0.0730. The number of piperazine rings is 1. The Morgan fingerprint density at radius 1 is 1.24 bits per heavy atom. The number of hydrogen-bond donors (Lipinski definition) is 1. The standard InChI is InChI=1S/C11H11BrF2N2O/c12-8-6-9(13)7(5-10(8)14)11(17)16-3-1-15-2-4-16/h5-6,15H,1-4H2. The maximum absolute atomic E-state index is 13.6. The number of benzene rings is 1. The molecular formula is C11H11BrF2N2O. The summed E-state index contributed by atoms with van der Waals surface area (Å²) in [7, 11) is 0. The third-order valence-electron chi connectivity index (χ3n) is 2.64. The van der Waals surface area contributed by atoms with Gasteiger partial charge in [-0.15, -0.1) is 0 Å². The van der Waals surface area contributed by atoms with E-state index in [-0.39, 0.29) is 10.0 Å². The fourth-order valence-corrected chi connectivity index (χ4v) is 2.04. The molecule has 2 rings (SSSR count). The Labute approximate surface area is 106 Å². The molecular weight excluding hydrogens is 294 g/mol. The number of carbonyl (C=O) groups excluding carboxylic acids is 1. The molecule has 92 valence electrons. The van der Waals surface area contributed by atoms with Gasteiger partial charge in [0, 0.05) is 26.2 Å². The molecule has 1 amide bonds. The Hall–Kier alpha value is -1.01. The second-order valence-electron chi connectivity index (χ2n) is 3.79. The Morgan fingerprint density at radius 3 is 2.53 bits per heavy atom. The molecule has 0 atom stereocenters. The second-order valence-corrected chi connectivity index (χ2v) is 4.64. The summed E-state index contributed by atoms with van der Waals surface area (Å²) in [5.74, 6) is -1.80. The SMILES string of the molecule is O=C(c1cc(F)c(Br)cc1F)N1CCNCC1. The van der Waals surface area contributed by atoms with Crippen LogP contribution in [0.5, 0.6) is 0 Å². The maximum Gasteiger partial charge on any atom is 0.257 e. The lowest BCUT2D eigenvalue weighted by Crippen LogP contribution is -2.46. The van der Waals surface area contributed by atoms with Gasteiger partial charge in [-0.25, -0.2) is 8.78 Å². The van der Waals surface area contributed by atoms with Crippen molar-refractivity contribution in [2.24, 2.45) is 0 Å². The number of nitrogens with zero attached hydrogens (tertiary/aromatic N) is 1. The van der Waals surface area contributed by atoms with E-state index in [4.69, 9.17) is 0 Å². The van der Waals surface area contributed by atoms with Gasteiger partial charge in [0.25, 0.3) is 5.91 Å². The van der Waals surface area contributed by atoms with Crippen LogP contribution in [-0.2, 0) is 0 Å². The molecule has 6 heteroatoms. The highest BCUT2D eigenvalue weighted by Crippen LogP contribution is 2.21. The van der Waals surface area contributed by atoms with Crippen LogP contribution < -0.4 is 5.32 Å². The molecule has 1 saturated heterocycles. The number of halogens is 3. The monoisotopic (exact) mass is 304 g/mol. The zero-order valence-corrected chi connectivity index (χ0v) is 10.6. The van der Waals surface area contributed by atoms with Gasteiger partial charge in [-0.3, -0.25) is 4.79 Å². The van der Waals surface area contributed by atoms with Crippen molar-refractivity contribution in [1.82, 2.24) is 10.2 Å². The molecule has 0 aliphatic carbocycles. The van der Waals surface area contributed by atoms with E-state index in [0.29, 0.717) is 26.2 Å². The summed E-state index contributed by atoms with van der Waals surface area (Å²) in [5.41, 5.74) is -0.215. The van der Waals surface area contributed by atoms with Crippen LogP contribution in [0.4, 0.5) is 8.78 Å². The van der Waals surface area contributed by atoms with E-state index in [1.165, 1.54) is 4.90 Å². The molecule has 1 aliphatic heterocycles. The minimum absolute atomic E-state index is 0.0202. The lowest BCUT2D eigenvalue weighted by atomic mass is 10.1. The van der Waals surface area contributed by atoms with Gasteiger partial charge in [-0.1, -0.05) is 0 Å². The predicted octanol–water partition coefficient (Wildman–Crippen LogP) is 1.77. The normalized spacial score (nSPS) is 16.1. The Balaban J connectivity index is 2.26. The number of hydrogen-bond acceptors (Lipinski definition) is 2. The van der Waals surface area contributed by atoms with Crippen LogP contribution >= 0.6 is 15.9 Å². The van der Waals surface area contributed by atoms with E-state index in [1.807, 2.05) is 0 Å². The average Bonchev–Trinajstić information content (AvgIpc) is 2.34. The zero-order valence-electron chi connectivity index (χ0n) is 8.97. The Morgan fingerprint density at radius 2 is 1.88 bits per heavy atom. The van der Waals surface area contributed by atoms with E-state index in [2.05, 4.69) is 21.2 Å². The highest BCUT2D eigenvalue weighted by Gasteiger charge is 2.22. The van der Waals surface area contributed by atoms with Crippen LogP contribution in [-0.4, -0.2) is 37.0 Å². The fraction of sp³-hybridized carbons (Fsp3) is 0.364. The third-order valence-corrected chi connectivity index (χ3v) is 3.25. The first-order chi connectivity index (χ1) is 8.09. The summed E-state index contributed by atoms with van der Waals surface area (Å²) in [4.78, 5) is 13.5. The summed E-state index contributed by atoms with van der Waals surface area (Å²) in [5, 5.41) is 3.09. The molecule has 1 fully saturated rings. The first-order valence-corrected chi connectivity index (χ1v) is 6.03. The maximum atomic E-state index is 13.6. The minimum atomic E-state index is -0.707. The van der Waals surface area contributed by atoms with E-state index < -0.39 is 17.5 Å². The third kappa shape index (κ3) is 2.63.